The summed E-state index contributed by atoms with van der Waals surface area (Å²) < 4.78 is 34.6. The largest absolute Gasteiger partial charge is 0.756 e. The Morgan fingerprint density at radius 2 is 0.892 bits per heavy atom. The Morgan fingerprint density at radius 3 is 1.34 bits per heavy atom. The highest BCUT2D eigenvalue weighted by Crippen LogP contribution is 2.38. The van der Waals surface area contributed by atoms with Gasteiger partial charge in [-0.25, -0.2) is 0 Å². The number of nitrogens with zero attached hydrogens (tertiary/aromatic N) is 1. The van der Waals surface area contributed by atoms with Crippen molar-refractivity contribution in [2.24, 2.45) is 0 Å². The third kappa shape index (κ3) is 51.7. The van der Waals surface area contributed by atoms with Crippen LogP contribution in [0, 0.1) is 0 Å². The molecule has 2 unspecified atom stereocenters. The fourth-order valence-corrected chi connectivity index (χ4v) is 6.86. The van der Waals surface area contributed by atoms with Crippen molar-refractivity contribution < 1.29 is 37.3 Å². The minimum atomic E-state index is -4.56. The van der Waals surface area contributed by atoms with E-state index in [9.17, 15) is 14.3 Å². The number of esters is 1. The maximum Gasteiger partial charge on any atom is 0.306 e. The van der Waals surface area contributed by atoms with Crippen LogP contribution in [0.1, 0.15) is 168 Å². The number of phosphoric acid groups is 1. The standard InChI is InChI=1S/C56H94NO7P/c1-6-8-10-12-14-16-18-20-22-24-26-28-29-30-31-33-35-37-39-41-43-45-47-49-56(58)64-55(54-63-65(59,60)62-52-50-57(3,4)5)53-61-51-48-46-44-42-40-38-36-34-32-27-25-23-21-19-17-15-13-11-9-7-2/h8,10,14-17,20-23,26-28,30-32,35,37,41,43,55H,6-7,9,11-13,18-19,24-25,29,33-34,36,38-40,42,44-54H2,1-5H3/b10-8-,16-14-,17-15-,22-20-,23-21-,28-26-,31-30-,32-27-,37-35-,43-41-. The second-order valence-electron chi connectivity index (χ2n) is 17.4. The quantitative estimate of drug-likeness (QED) is 0.0197. The highest BCUT2D eigenvalue weighted by atomic mass is 31.2. The first-order valence-corrected chi connectivity index (χ1v) is 26.7. The topological polar surface area (TPSA) is 94.1 Å². The third-order valence-electron chi connectivity index (χ3n) is 10.00. The summed E-state index contributed by atoms with van der Waals surface area (Å²) >= 11 is 0. The van der Waals surface area contributed by atoms with Crippen molar-refractivity contribution in [1.29, 1.82) is 0 Å². The molecule has 0 radical (unpaired) electrons. The van der Waals surface area contributed by atoms with Gasteiger partial charge in [0.25, 0.3) is 7.82 Å². The molecule has 65 heavy (non-hydrogen) atoms. The molecule has 0 aliphatic rings. The summed E-state index contributed by atoms with van der Waals surface area (Å²) in [5, 5.41) is 0. The van der Waals surface area contributed by atoms with Gasteiger partial charge >= 0.3 is 5.97 Å². The van der Waals surface area contributed by atoms with Crippen LogP contribution >= 0.6 is 7.82 Å². The van der Waals surface area contributed by atoms with Gasteiger partial charge in [0, 0.05) is 13.0 Å². The zero-order chi connectivity index (χ0) is 47.6. The van der Waals surface area contributed by atoms with Gasteiger partial charge in [-0.05, 0) is 103 Å². The second-order valence-corrected chi connectivity index (χ2v) is 18.8. The summed E-state index contributed by atoms with van der Waals surface area (Å²) in [4.78, 5) is 25.2. The average molecular weight is 924 g/mol. The maximum absolute atomic E-state index is 12.7. The first kappa shape index (κ1) is 61.9. The molecule has 0 saturated heterocycles. The van der Waals surface area contributed by atoms with Crippen molar-refractivity contribution in [3.8, 4) is 0 Å². The van der Waals surface area contributed by atoms with Gasteiger partial charge < -0.3 is 27.9 Å². The van der Waals surface area contributed by atoms with Gasteiger partial charge in [-0.2, -0.15) is 0 Å². The van der Waals surface area contributed by atoms with Gasteiger partial charge in [0.2, 0.25) is 0 Å². The number of carbonyl (C=O) groups excluding carboxylic acids is 1. The maximum atomic E-state index is 12.7. The highest BCUT2D eigenvalue weighted by molar-refractivity contribution is 7.45. The van der Waals surface area contributed by atoms with Crippen molar-refractivity contribution in [2.45, 2.75) is 174 Å². The molecule has 0 bridgehead atoms. The van der Waals surface area contributed by atoms with Crippen molar-refractivity contribution in [2.75, 3.05) is 54.1 Å². The number of phosphoric ester groups is 1. The Labute approximate surface area is 399 Å². The number of quaternary nitrogens is 1. The van der Waals surface area contributed by atoms with Crippen LogP contribution in [0.15, 0.2) is 122 Å². The van der Waals surface area contributed by atoms with Crippen LogP contribution in [0.2, 0.25) is 0 Å². The van der Waals surface area contributed by atoms with Crippen molar-refractivity contribution in [3.05, 3.63) is 122 Å². The van der Waals surface area contributed by atoms with E-state index in [1.165, 1.54) is 51.4 Å². The van der Waals surface area contributed by atoms with Crippen LogP contribution in [0.3, 0.4) is 0 Å². The van der Waals surface area contributed by atoms with Crippen LogP contribution in [0.4, 0.5) is 0 Å². The monoisotopic (exact) mass is 924 g/mol. The Morgan fingerprint density at radius 1 is 0.492 bits per heavy atom. The molecular formula is C56H94NO7P. The van der Waals surface area contributed by atoms with Crippen LogP contribution in [0.5, 0.6) is 0 Å². The van der Waals surface area contributed by atoms with E-state index in [-0.39, 0.29) is 26.2 Å². The van der Waals surface area contributed by atoms with E-state index >= 15 is 0 Å². The molecule has 0 saturated carbocycles. The summed E-state index contributed by atoms with van der Waals surface area (Å²) in [6.45, 7) is 5.14. The number of hydrogen-bond donors (Lipinski definition) is 0. The molecule has 0 fully saturated rings. The highest BCUT2D eigenvalue weighted by Gasteiger charge is 2.20. The molecule has 0 aromatic rings. The Hall–Kier alpha value is -3.10. The summed E-state index contributed by atoms with van der Waals surface area (Å²) in [5.74, 6) is -0.400. The normalized spacial score (nSPS) is 14.6. The van der Waals surface area contributed by atoms with Gasteiger partial charge in [-0.15, -0.1) is 0 Å². The molecule has 0 spiro atoms. The number of allylic oxidation sites excluding steroid dienone is 20. The third-order valence-corrected chi connectivity index (χ3v) is 11.0. The molecule has 8 nitrogen and oxygen atoms in total. The molecule has 0 amide bonds. The SMILES string of the molecule is CC/C=C\C/C=C\C/C=C\C/C=C\C/C=C\C/C=C\C/C=C\CCCC(=O)OC(COCCCCCCCCC/C=C\C/C=C\C/C=C\CCCCC)COP(=O)([O-])OCC[N+](C)(C)C. The van der Waals surface area contributed by atoms with E-state index in [0.717, 1.165) is 89.9 Å². The predicted molar refractivity (Wildman–Crippen MR) is 277 cm³/mol. The number of likely N-dealkylation sites (N-methyl/N-ethyl adjacent to an activating group) is 1. The summed E-state index contributed by atoms with van der Waals surface area (Å²) in [6.07, 6.45) is 68.0. The first-order chi connectivity index (χ1) is 31.6. The number of ether oxygens (including phenoxy) is 2. The molecule has 0 aromatic carbocycles. The fraction of sp³-hybridized carbons (Fsp3) is 0.625. The zero-order valence-corrected chi connectivity index (χ0v) is 42.8. The predicted octanol–water partition coefficient (Wildman–Crippen LogP) is 15.1. The van der Waals surface area contributed by atoms with Crippen LogP contribution in [-0.2, 0) is 27.9 Å². The Bertz CT molecular complexity index is 1450. The molecule has 370 valence electrons. The summed E-state index contributed by atoms with van der Waals surface area (Å²) in [5.41, 5.74) is 0. The van der Waals surface area contributed by atoms with Gasteiger partial charge in [-0.1, -0.05) is 180 Å². The zero-order valence-electron chi connectivity index (χ0n) is 41.9. The summed E-state index contributed by atoms with van der Waals surface area (Å²) in [6, 6.07) is 0. The molecule has 0 aliphatic heterocycles. The lowest BCUT2D eigenvalue weighted by Gasteiger charge is -2.28. The number of carbonyl (C=O) groups is 1. The number of rotatable bonds is 45. The van der Waals surface area contributed by atoms with Gasteiger partial charge in [-0.3, -0.25) is 9.36 Å². The molecule has 0 rings (SSSR count). The van der Waals surface area contributed by atoms with Gasteiger partial charge in [0.15, 0.2) is 0 Å². The Kier molecular flexibility index (Phi) is 45.1. The van der Waals surface area contributed by atoms with Gasteiger partial charge in [0.05, 0.1) is 34.4 Å². The minimum Gasteiger partial charge on any atom is -0.756 e. The molecule has 0 N–H and O–H groups in total. The molecule has 0 aliphatic carbocycles. The molecular weight excluding hydrogens is 830 g/mol. The lowest BCUT2D eigenvalue weighted by atomic mass is 10.1. The van der Waals surface area contributed by atoms with Crippen LogP contribution < -0.4 is 4.89 Å². The molecule has 9 heteroatoms. The summed E-state index contributed by atoms with van der Waals surface area (Å²) in [7, 11) is 1.29. The van der Waals surface area contributed by atoms with Crippen molar-refractivity contribution in [3.63, 3.8) is 0 Å². The number of hydrogen-bond acceptors (Lipinski definition) is 7. The second kappa shape index (κ2) is 47.4. The van der Waals surface area contributed by atoms with E-state index in [4.69, 9.17) is 18.5 Å². The fourth-order valence-electron chi connectivity index (χ4n) is 6.13. The van der Waals surface area contributed by atoms with E-state index in [1.54, 1.807) is 0 Å². The lowest BCUT2D eigenvalue weighted by molar-refractivity contribution is -0.870. The van der Waals surface area contributed by atoms with E-state index in [0.29, 0.717) is 24.1 Å². The van der Waals surface area contributed by atoms with Crippen LogP contribution in [-0.4, -0.2) is 70.7 Å². The lowest BCUT2D eigenvalue weighted by Crippen LogP contribution is -2.37. The van der Waals surface area contributed by atoms with Crippen LogP contribution in [0.25, 0.3) is 0 Å². The number of unbranched alkanes of at least 4 members (excludes halogenated alkanes) is 11. The molecule has 0 heterocycles. The smallest absolute Gasteiger partial charge is 0.306 e. The molecule has 0 aromatic heterocycles. The first-order valence-electron chi connectivity index (χ1n) is 25.3. The van der Waals surface area contributed by atoms with Crippen molar-refractivity contribution >= 4 is 13.8 Å². The molecule has 2 atom stereocenters. The average Bonchev–Trinajstić information content (AvgIpc) is 3.27. The van der Waals surface area contributed by atoms with E-state index in [1.807, 2.05) is 21.1 Å². The van der Waals surface area contributed by atoms with E-state index < -0.39 is 19.9 Å². The van der Waals surface area contributed by atoms with E-state index in [2.05, 4.69) is 135 Å². The minimum absolute atomic E-state index is 0.00542. The van der Waals surface area contributed by atoms with Crippen molar-refractivity contribution in [1.82, 2.24) is 0 Å². The Balaban J connectivity index is 4.34. The van der Waals surface area contributed by atoms with Gasteiger partial charge in [0.1, 0.15) is 19.3 Å².